The van der Waals surface area contributed by atoms with Crippen LogP contribution in [-0.2, 0) is 21.2 Å². The minimum Gasteiger partial charge on any atom is -0.338 e. The summed E-state index contributed by atoms with van der Waals surface area (Å²) in [5, 5.41) is 0. The summed E-state index contributed by atoms with van der Waals surface area (Å²) in [7, 11) is -1.88. The van der Waals surface area contributed by atoms with Gasteiger partial charge >= 0.3 is 0 Å². The fraction of sp³-hybridized carbons (Fsp3) is 0.588. The van der Waals surface area contributed by atoms with Crippen LogP contribution in [0.5, 0.6) is 0 Å². The summed E-state index contributed by atoms with van der Waals surface area (Å²) in [6.07, 6.45) is 4.54. The van der Waals surface area contributed by atoms with Gasteiger partial charge in [-0.3, -0.25) is 4.79 Å². The minimum absolute atomic E-state index is 0.00358. The summed E-state index contributed by atoms with van der Waals surface area (Å²) in [5.41, 5.74) is 2.39. The largest absolute Gasteiger partial charge is 0.338 e. The number of likely N-dealkylation sites (tertiary alicyclic amines) is 1. The van der Waals surface area contributed by atoms with E-state index in [1.807, 2.05) is 23.1 Å². The molecule has 1 aromatic rings. The molecule has 1 fully saturated rings. The topological polar surface area (TPSA) is 66.5 Å². The highest BCUT2D eigenvalue weighted by molar-refractivity contribution is 7.89. The van der Waals surface area contributed by atoms with Crippen LogP contribution in [0.15, 0.2) is 24.3 Å². The summed E-state index contributed by atoms with van der Waals surface area (Å²) in [4.78, 5) is 14.9. The summed E-state index contributed by atoms with van der Waals surface area (Å²) >= 11 is 0. The Labute approximate surface area is 138 Å². The summed E-state index contributed by atoms with van der Waals surface area (Å²) in [6.45, 7) is 0.668. The lowest BCUT2D eigenvalue weighted by atomic mass is 9.82. The van der Waals surface area contributed by atoms with Crippen molar-refractivity contribution in [3.63, 3.8) is 0 Å². The Morgan fingerprint density at radius 1 is 1.26 bits per heavy atom. The number of sulfonamides is 1. The summed E-state index contributed by atoms with van der Waals surface area (Å²) in [6, 6.07) is 7.95. The van der Waals surface area contributed by atoms with Crippen LogP contribution in [0.2, 0.25) is 0 Å². The highest BCUT2D eigenvalue weighted by Gasteiger charge is 2.37. The molecule has 1 N–H and O–H groups in total. The second-order valence-corrected chi connectivity index (χ2v) is 8.43. The lowest BCUT2D eigenvalue weighted by Gasteiger charge is -2.31. The third kappa shape index (κ3) is 3.43. The third-order valence-electron chi connectivity index (χ3n) is 5.05. The predicted molar refractivity (Wildman–Crippen MR) is 89.7 cm³/mol. The van der Waals surface area contributed by atoms with Crippen molar-refractivity contribution >= 4 is 15.9 Å². The number of carbonyl (C=O) groups is 1. The van der Waals surface area contributed by atoms with E-state index in [1.165, 1.54) is 12.6 Å². The molecule has 0 bridgehead atoms. The van der Waals surface area contributed by atoms with Gasteiger partial charge in [0.25, 0.3) is 0 Å². The van der Waals surface area contributed by atoms with Gasteiger partial charge in [-0.25, -0.2) is 13.1 Å². The van der Waals surface area contributed by atoms with E-state index in [0.29, 0.717) is 6.54 Å². The SMILES string of the molecule is CNS(=O)(=O)C[C@H]1CCCN1C(=O)[C@@H]1CCCc2ccccc21. The summed E-state index contributed by atoms with van der Waals surface area (Å²) < 4.78 is 26.1. The van der Waals surface area contributed by atoms with E-state index in [-0.39, 0.29) is 23.6 Å². The van der Waals surface area contributed by atoms with Crippen LogP contribution in [0, 0.1) is 0 Å². The monoisotopic (exact) mass is 336 g/mol. The number of nitrogens with zero attached hydrogens (tertiary/aromatic N) is 1. The number of benzene rings is 1. The van der Waals surface area contributed by atoms with E-state index in [2.05, 4.69) is 10.8 Å². The fourth-order valence-corrected chi connectivity index (χ4v) is 4.87. The molecule has 3 rings (SSSR count). The van der Waals surface area contributed by atoms with Crippen LogP contribution in [0.25, 0.3) is 0 Å². The molecule has 1 aliphatic heterocycles. The van der Waals surface area contributed by atoms with Crippen molar-refractivity contribution in [2.45, 2.75) is 44.1 Å². The first-order chi connectivity index (χ1) is 11.0. The molecule has 0 unspecified atom stereocenters. The van der Waals surface area contributed by atoms with Crippen molar-refractivity contribution in [3.8, 4) is 0 Å². The van der Waals surface area contributed by atoms with Crippen molar-refractivity contribution < 1.29 is 13.2 Å². The lowest BCUT2D eigenvalue weighted by Crippen LogP contribution is -2.44. The number of carbonyl (C=O) groups excluding carboxylic acids is 1. The third-order valence-corrected chi connectivity index (χ3v) is 6.50. The van der Waals surface area contributed by atoms with Gasteiger partial charge in [-0.15, -0.1) is 0 Å². The van der Waals surface area contributed by atoms with Crippen LogP contribution in [-0.4, -0.2) is 44.6 Å². The molecule has 2 aliphatic rings. The lowest BCUT2D eigenvalue weighted by molar-refractivity contribution is -0.133. The van der Waals surface area contributed by atoms with Gasteiger partial charge in [0.05, 0.1) is 11.7 Å². The van der Waals surface area contributed by atoms with Crippen molar-refractivity contribution in [3.05, 3.63) is 35.4 Å². The van der Waals surface area contributed by atoms with Crippen LogP contribution >= 0.6 is 0 Å². The molecule has 6 heteroatoms. The Hall–Kier alpha value is -1.40. The Bertz CT molecular complexity index is 687. The van der Waals surface area contributed by atoms with Gasteiger partial charge in [-0.1, -0.05) is 24.3 Å². The van der Waals surface area contributed by atoms with Gasteiger partial charge in [0, 0.05) is 12.6 Å². The van der Waals surface area contributed by atoms with Gasteiger partial charge < -0.3 is 4.90 Å². The zero-order valence-corrected chi connectivity index (χ0v) is 14.3. The van der Waals surface area contributed by atoms with E-state index in [9.17, 15) is 13.2 Å². The number of aryl methyl sites for hydroxylation is 1. The van der Waals surface area contributed by atoms with E-state index >= 15 is 0 Å². The smallest absolute Gasteiger partial charge is 0.230 e. The van der Waals surface area contributed by atoms with E-state index in [4.69, 9.17) is 0 Å². The van der Waals surface area contributed by atoms with E-state index in [0.717, 1.165) is 37.7 Å². The van der Waals surface area contributed by atoms with Crippen LogP contribution in [0.3, 0.4) is 0 Å². The predicted octanol–water partition coefficient (Wildman–Crippen LogP) is 1.65. The zero-order valence-electron chi connectivity index (χ0n) is 13.5. The second-order valence-electron chi connectivity index (χ2n) is 6.46. The molecule has 0 saturated carbocycles. The van der Waals surface area contributed by atoms with Crippen molar-refractivity contribution in [1.82, 2.24) is 9.62 Å². The van der Waals surface area contributed by atoms with Crippen molar-refractivity contribution in [2.24, 2.45) is 0 Å². The van der Waals surface area contributed by atoms with Crippen LogP contribution in [0.1, 0.15) is 42.7 Å². The molecule has 1 amide bonds. The van der Waals surface area contributed by atoms with Gasteiger partial charge in [0.15, 0.2) is 0 Å². The Balaban J connectivity index is 1.80. The van der Waals surface area contributed by atoms with Gasteiger partial charge in [0.2, 0.25) is 15.9 Å². The number of hydrogen-bond donors (Lipinski definition) is 1. The number of amides is 1. The molecule has 5 nitrogen and oxygen atoms in total. The minimum atomic E-state index is -3.30. The van der Waals surface area contributed by atoms with Crippen LogP contribution in [0.4, 0.5) is 0 Å². The summed E-state index contributed by atoms with van der Waals surface area (Å²) in [5.74, 6) is -0.00680. The Morgan fingerprint density at radius 3 is 2.83 bits per heavy atom. The first kappa shape index (κ1) is 16.5. The number of hydrogen-bond acceptors (Lipinski definition) is 3. The molecular formula is C17H24N2O3S. The molecule has 126 valence electrons. The number of rotatable bonds is 4. The molecule has 1 saturated heterocycles. The van der Waals surface area contributed by atoms with Gasteiger partial charge in [-0.2, -0.15) is 0 Å². The molecule has 0 radical (unpaired) electrons. The highest BCUT2D eigenvalue weighted by atomic mass is 32.2. The van der Waals surface area contributed by atoms with Gasteiger partial charge in [-0.05, 0) is 50.3 Å². The second kappa shape index (κ2) is 6.61. The first-order valence-electron chi connectivity index (χ1n) is 8.31. The molecule has 0 aromatic heterocycles. The Kier molecular flexibility index (Phi) is 4.73. The average molecular weight is 336 g/mol. The molecule has 23 heavy (non-hydrogen) atoms. The maximum absolute atomic E-state index is 13.1. The van der Waals surface area contributed by atoms with Crippen molar-refractivity contribution in [2.75, 3.05) is 19.3 Å². The normalized spacial score (nSPS) is 24.5. The highest BCUT2D eigenvalue weighted by Crippen LogP contribution is 2.34. The standard InChI is InChI=1S/C17H24N2O3S/c1-18-23(21,22)12-14-8-5-11-19(14)17(20)16-10-4-7-13-6-2-3-9-15(13)16/h2-3,6,9,14,16,18H,4-5,7-8,10-12H2,1H3/t14-,16-/m1/s1. The first-order valence-corrected chi connectivity index (χ1v) is 9.96. The maximum atomic E-state index is 13.1. The molecule has 0 spiro atoms. The van der Waals surface area contributed by atoms with Crippen molar-refractivity contribution in [1.29, 1.82) is 0 Å². The van der Waals surface area contributed by atoms with E-state index < -0.39 is 10.0 Å². The Morgan fingerprint density at radius 2 is 2.04 bits per heavy atom. The quantitative estimate of drug-likeness (QED) is 0.909. The van der Waals surface area contributed by atoms with Crippen LogP contribution < -0.4 is 4.72 Å². The molecule has 2 atom stereocenters. The fourth-order valence-electron chi connectivity index (χ4n) is 3.85. The molecule has 1 heterocycles. The maximum Gasteiger partial charge on any atom is 0.230 e. The zero-order chi connectivity index (χ0) is 16.4. The number of fused-ring (bicyclic) bond motifs is 1. The number of nitrogens with one attached hydrogen (secondary N) is 1. The average Bonchev–Trinajstić information content (AvgIpc) is 3.01. The molecular weight excluding hydrogens is 312 g/mol. The molecule has 1 aromatic carbocycles. The van der Waals surface area contributed by atoms with Gasteiger partial charge in [0.1, 0.15) is 0 Å². The molecule has 1 aliphatic carbocycles. The van der Waals surface area contributed by atoms with E-state index in [1.54, 1.807) is 0 Å².